The van der Waals surface area contributed by atoms with Crippen LogP contribution in [0, 0.1) is 0 Å². The van der Waals surface area contributed by atoms with Crippen molar-refractivity contribution < 1.29 is 4.74 Å². The van der Waals surface area contributed by atoms with Gasteiger partial charge >= 0.3 is 0 Å². The lowest BCUT2D eigenvalue weighted by atomic mass is 9.95. The minimum absolute atomic E-state index is 0.130. The highest BCUT2D eigenvalue weighted by Gasteiger charge is 2.32. The van der Waals surface area contributed by atoms with Crippen LogP contribution in [0.15, 0.2) is 6.33 Å². The summed E-state index contributed by atoms with van der Waals surface area (Å²) in [5.74, 6) is 1.48. The maximum atomic E-state index is 5.65. The van der Waals surface area contributed by atoms with Gasteiger partial charge < -0.3 is 19.9 Å². The van der Waals surface area contributed by atoms with Gasteiger partial charge in [-0.05, 0) is 19.8 Å². The van der Waals surface area contributed by atoms with Crippen LogP contribution in [0.4, 0.5) is 11.8 Å². The van der Waals surface area contributed by atoms with Crippen LogP contribution in [0.3, 0.4) is 0 Å². The van der Waals surface area contributed by atoms with Crippen LogP contribution in [0.2, 0.25) is 0 Å². The van der Waals surface area contributed by atoms with Crippen LogP contribution < -0.4 is 10.2 Å². The zero-order valence-electron chi connectivity index (χ0n) is 12.1. The van der Waals surface area contributed by atoms with E-state index in [9.17, 15) is 0 Å². The maximum Gasteiger partial charge on any atom is 0.226 e. The fraction of sp³-hybridized carbons (Fsp3) is 0.615. The molecule has 0 aromatic carbocycles. The molecular formula is C13H20N6O. The van der Waals surface area contributed by atoms with E-state index < -0.39 is 0 Å². The maximum absolute atomic E-state index is 5.65. The summed E-state index contributed by atoms with van der Waals surface area (Å²) >= 11 is 0. The fourth-order valence-electron chi connectivity index (χ4n) is 2.71. The van der Waals surface area contributed by atoms with Gasteiger partial charge in [0.15, 0.2) is 11.5 Å². The number of nitrogens with zero attached hydrogens (tertiary/aromatic N) is 4. The average molecular weight is 276 g/mol. The molecule has 0 bridgehead atoms. The highest BCUT2D eigenvalue weighted by molar-refractivity contribution is 5.84. The van der Waals surface area contributed by atoms with E-state index in [4.69, 9.17) is 4.74 Å². The Labute approximate surface area is 117 Å². The van der Waals surface area contributed by atoms with Gasteiger partial charge in [0.2, 0.25) is 5.95 Å². The Hall–Kier alpha value is -1.89. The molecule has 3 rings (SSSR count). The van der Waals surface area contributed by atoms with Crippen LogP contribution in [0.1, 0.15) is 19.8 Å². The summed E-state index contributed by atoms with van der Waals surface area (Å²) in [5.41, 5.74) is 1.43. The Balaban J connectivity index is 2.02. The molecule has 108 valence electrons. The minimum atomic E-state index is -0.130. The molecule has 20 heavy (non-hydrogen) atoms. The number of aromatic nitrogens is 4. The molecule has 2 aromatic rings. The first-order valence-corrected chi connectivity index (χ1v) is 6.84. The third-order valence-electron chi connectivity index (χ3n) is 3.94. The van der Waals surface area contributed by atoms with E-state index in [2.05, 4.69) is 37.1 Å². The predicted octanol–water partition coefficient (Wildman–Crippen LogP) is 1.40. The second kappa shape index (κ2) is 4.90. The van der Waals surface area contributed by atoms with E-state index in [1.165, 1.54) is 0 Å². The van der Waals surface area contributed by atoms with Crippen molar-refractivity contribution in [2.45, 2.75) is 25.4 Å². The molecule has 1 unspecified atom stereocenters. The number of aromatic amines is 1. The van der Waals surface area contributed by atoms with Gasteiger partial charge in [-0.2, -0.15) is 9.97 Å². The number of anilines is 2. The van der Waals surface area contributed by atoms with Crippen molar-refractivity contribution >= 4 is 22.9 Å². The predicted molar refractivity (Wildman–Crippen MR) is 78.1 cm³/mol. The summed E-state index contributed by atoms with van der Waals surface area (Å²) in [6.07, 6.45) is 3.80. The van der Waals surface area contributed by atoms with Crippen molar-refractivity contribution in [1.82, 2.24) is 19.9 Å². The Morgan fingerprint density at radius 3 is 3.05 bits per heavy atom. The normalized spacial score (nSPS) is 23.2. The van der Waals surface area contributed by atoms with Gasteiger partial charge in [-0.25, -0.2) is 4.98 Å². The summed E-state index contributed by atoms with van der Waals surface area (Å²) in [4.78, 5) is 18.6. The summed E-state index contributed by atoms with van der Waals surface area (Å²) in [7, 11) is 3.58. The number of fused-ring (bicyclic) bond motifs is 1. The van der Waals surface area contributed by atoms with Gasteiger partial charge in [-0.15, -0.1) is 0 Å². The summed E-state index contributed by atoms with van der Waals surface area (Å²) in [5, 5.41) is 2.99. The highest BCUT2D eigenvalue weighted by Crippen LogP contribution is 2.30. The zero-order chi connectivity index (χ0) is 14.2. The van der Waals surface area contributed by atoms with Gasteiger partial charge in [-0.3, -0.25) is 0 Å². The number of rotatable bonds is 3. The van der Waals surface area contributed by atoms with Crippen molar-refractivity contribution in [3.8, 4) is 0 Å². The lowest BCUT2D eigenvalue weighted by molar-refractivity contribution is -0.00475. The quantitative estimate of drug-likeness (QED) is 0.882. The van der Waals surface area contributed by atoms with Gasteiger partial charge in [-0.1, -0.05) is 0 Å². The number of hydrogen-bond donors (Lipinski definition) is 2. The molecular weight excluding hydrogens is 256 g/mol. The second-order valence-electron chi connectivity index (χ2n) is 5.40. The summed E-state index contributed by atoms with van der Waals surface area (Å²) < 4.78 is 5.65. The van der Waals surface area contributed by atoms with Gasteiger partial charge in [0.25, 0.3) is 0 Å². The first-order chi connectivity index (χ1) is 9.65. The molecule has 7 nitrogen and oxygen atoms in total. The first kappa shape index (κ1) is 13.1. The molecule has 1 atom stereocenters. The van der Waals surface area contributed by atoms with E-state index in [1.807, 2.05) is 7.05 Å². The number of ether oxygens (including phenoxy) is 1. The summed E-state index contributed by atoms with van der Waals surface area (Å²) in [6.45, 7) is 3.93. The SMILES string of the molecule is CNc1nc(N2CCCC(C)(OC)C2)c2[nH]cnc2n1. The zero-order valence-corrected chi connectivity index (χ0v) is 12.1. The molecule has 1 aliphatic heterocycles. The molecule has 1 saturated heterocycles. The first-order valence-electron chi connectivity index (χ1n) is 6.84. The molecule has 1 aliphatic rings. The molecule has 0 saturated carbocycles. The van der Waals surface area contributed by atoms with Gasteiger partial charge in [0.1, 0.15) is 5.52 Å². The Kier molecular flexibility index (Phi) is 3.21. The standard InChI is InChI=1S/C13H20N6O/c1-13(20-3)5-4-6-19(7-13)11-9-10(16-8-15-9)17-12(14-2)18-11/h8H,4-7H2,1-3H3,(H2,14,15,16,17,18). The number of piperidine rings is 1. The minimum Gasteiger partial charge on any atom is -0.377 e. The molecule has 3 heterocycles. The molecule has 2 N–H and O–H groups in total. The number of H-pyrrole nitrogens is 1. The molecule has 0 spiro atoms. The Bertz CT molecular complexity index is 612. The Morgan fingerprint density at radius 1 is 1.45 bits per heavy atom. The lowest BCUT2D eigenvalue weighted by Gasteiger charge is -2.40. The fourth-order valence-corrected chi connectivity index (χ4v) is 2.71. The third kappa shape index (κ3) is 2.18. The average Bonchev–Trinajstić information content (AvgIpc) is 2.94. The van der Waals surface area contributed by atoms with E-state index in [-0.39, 0.29) is 5.60 Å². The van der Waals surface area contributed by atoms with Crippen molar-refractivity contribution in [3.05, 3.63) is 6.33 Å². The van der Waals surface area contributed by atoms with E-state index in [1.54, 1.807) is 13.4 Å². The van der Waals surface area contributed by atoms with Crippen LogP contribution in [-0.4, -0.2) is 52.8 Å². The number of hydrogen-bond acceptors (Lipinski definition) is 6. The summed E-state index contributed by atoms with van der Waals surface area (Å²) in [6, 6.07) is 0. The van der Waals surface area contributed by atoms with Crippen molar-refractivity contribution in [3.63, 3.8) is 0 Å². The molecule has 1 fully saturated rings. The van der Waals surface area contributed by atoms with Crippen LogP contribution in [0.5, 0.6) is 0 Å². The molecule has 0 aliphatic carbocycles. The molecule has 0 radical (unpaired) electrons. The second-order valence-corrected chi connectivity index (χ2v) is 5.40. The molecule has 0 amide bonds. The van der Waals surface area contributed by atoms with Crippen LogP contribution >= 0.6 is 0 Å². The van der Waals surface area contributed by atoms with E-state index in [0.29, 0.717) is 11.6 Å². The number of imidazole rings is 1. The van der Waals surface area contributed by atoms with Crippen molar-refractivity contribution in [2.75, 3.05) is 37.5 Å². The Morgan fingerprint density at radius 2 is 2.30 bits per heavy atom. The van der Waals surface area contributed by atoms with Gasteiger partial charge in [0, 0.05) is 27.2 Å². The number of nitrogens with one attached hydrogen (secondary N) is 2. The van der Waals surface area contributed by atoms with E-state index >= 15 is 0 Å². The molecule has 7 heteroatoms. The largest absolute Gasteiger partial charge is 0.377 e. The number of methoxy groups -OCH3 is 1. The highest BCUT2D eigenvalue weighted by atomic mass is 16.5. The van der Waals surface area contributed by atoms with Crippen molar-refractivity contribution in [2.24, 2.45) is 0 Å². The third-order valence-corrected chi connectivity index (χ3v) is 3.94. The van der Waals surface area contributed by atoms with Crippen molar-refractivity contribution in [1.29, 1.82) is 0 Å². The van der Waals surface area contributed by atoms with Gasteiger partial charge in [0.05, 0.1) is 11.9 Å². The molecule has 2 aromatic heterocycles. The van der Waals surface area contributed by atoms with E-state index in [0.717, 1.165) is 37.3 Å². The van der Waals surface area contributed by atoms with Crippen LogP contribution in [0.25, 0.3) is 11.2 Å². The smallest absolute Gasteiger partial charge is 0.226 e. The topological polar surface area (TPSA) is 79.0 Å². The van der Waals surface area contributed by atoms with Crippen LogP contribution in [-0.2, 0) is 4.74 Å². The lowest BCUT2D eigenvalue weighted by Crippen LogP contribution is -2.47. The monoisotopic (exact) mass is 276 g/mol.